The van der Waals surface area contributed by atoms with E-state index < -0.39 is 34.1 Å². The van der Waals surface area contributed by atoms with E-state index in [1.807, 2.05) is 0 Å². The fourth-order valence-electron chi connectivity index (χ4n) is 2.81. The Hall–Kier alpha value is -2.03. The Morgan fingerprint density at radius 1 is 1.14 bits per heavy atom. The predicted octanol–water partition coefficient (Wildman–Crippen LogP) is 3.43. The summed E-state index contributed by atoms with van der Waals surface area (Å²) in [4.78, 5) is 14.1. The van der Waals surface area contributed by atoms with Crippen molar-refractivity contribution in [3.63, 3.8) is 0 Å². The van der Waals surface area contributed by atoms with Crippen LogP contribution < -0.4 is 0 Å². The lowest BCUT2D eigenvalue weighted by Gasteiger charge is -2.26. The third kappa shape index (κ3) is 4.51. The lowest BCUT2D eigenvalue weighted by molar-refractivity contribution is -0.132. The minimum absolute atomic E-state index is 0.0283. The molecule has 3 rings (SSSR count). The van der Waals surface area contributed by atoms with Crippen molar-refractivity contribution in [2.75, 3.05) is 13.6 Å². The summed E-state index contributed by atoms with van der Waals surface area (Å²) in [6.45, 7) is -0.443. The summed E-state index contributed by atoms with van der Waals surface area (Å²) < 4.78 is 53.3. The maximum absolute atomic E-state index is 14.1. The normalized spacial score (nSPS) is 14.3. The Labute approximate surface area is 167 Å². The number of nitrogens with zero attached hydrogens (tertiary/aromatic N) is 2. The molecule has 0 N–H and O–H groups in total. The van der Waals surface area contributed by atoms with Crippen molar-refractivity contribution in [3.8, 4) is 0 Å². The summed E-state index contributed by atoms with van der Waals surface area (Å²) in [6, 6.07) is 8.59. The van der Waals surface area contributed by atoms with E-state index in [1.54, 1.807) is 6.07 Å². The molecule has 0 spiro atoms. The molecule has 0 aliphatic heterocycles. The first-order chi connectivity index (χ1) is 13.2. The Balaban J connectivity index is 1.76. The molecule has 5 nitrogen and oxygen atoms in total. The van der Waals surface area contributed by atoms with Gasteiger partial charge < -0.3 is 4.90 Å². The zero-order valence-electron chi connectivity index (χ0n) is 15.1. The molecule has 0 atom stereocenters. The monoisotopic (exact) mass is 428 g/mol. The minimum Gasteiger partial charge on any atom is -0.334 e. The first-order valence-corrected chi connectivity index (χ1v) is 10.5. The Morgan fingerprint density at radius 3 is 2.36 bits per heavy atom. The standard InChI is InChI=1S/C19H19ClF2N2O3S/c1-23(28(26,27)15-9-5-13(21)6-10-15)12-19(25)24(14-7-8-14)11-16-17(20)3-2-4-18(16)22/h2-6,9-10,14H,7-8,11-12H2,1H3. The number of carbonyl (C=O) groups excluding carboxylic acids is 1. The number of benzene rings is 2. The second-order valence-electron chi connectivity index (χ2n) is 6.67. The van der Waals surface area contributed by atoms with Gasteiger partial charge in [0.05, 0.1) is 18.0 Å². The van der Waals surface area contributed by atoms with Crippen LogP contribution in [-0.4, -0.2) is 43.2 Å². The van der Waals surface area contributed by atoms with Gasteiger partial charge in [-0.2, -0.15) is 4.31 Å². The van der Waals surface area contributed by atoms with Gasteiger partial charge in [0, 0.05) is 23.7 Å². The maximum atomic E-state index is 14.1. The third-order valence-electron chi connectivity index (χ3n) is 4.58. The van der Waals surface area contributed by atoms with E-state index in [4.69, 9.17) is 11.6 Å². The number of hydrogen-bond donors (Lipinski definition) is 0. The van der Waals surface area contributed by atoms with E-state index in [0.717, 1.165) is 41.4 Å². The summed E-state index contributed by atoms with van der Waals surface area (Å²) in [6.07, 6.45) is 1.54. The smallest absolute Gasteiger partial charge is 0.243 e. The van der Waals surface area contributed by atoms with Crippen LogP contribution in [0, 0.1) is 11.6 Å². The molecule has 9 heteroatoms. The molecular formula is C19H19ClF2N2O3S. The summed E-state index contributed by atoms with van der Waals surface area (Å²) in [5, 5.41) is 0.214. The van der Waals surface area contributed by atoms with Gasteiger partial charge in [-0.15, -0.1) is 0 Å². The Bertz CT molecular complexity index is 959. The number of sulfonamides is 1. The SMILES string of the molecule is CN(CC(=O)N(Cc1c(F)cccc1Cl)C1CC1)S(=O)(=O)c1ccc(F)cc1. The van der Waals surface area contributed by atoms with Crippen molar-refractivity contribution in [1.82, 2.24) is 9.21 Å². The first-order valence-electron chi connectivity index (χ1n) is 8.64. The van der Waals surface area contributed by atoms with Crippen molar-refractivity contribution in [2.24, 2.45) is 0 Å². The number of rotatable bonds is 7. The Morgan fingerprint density at radius 2 is 1.79 bits per heavy atom. The van der Waals surface area contributed by atoms with Crippen LogP contribution in [0.15, 0.2) is 47.4 Å². The van der Waals surface area contributed by atoms with Gasteiger partial charge in [0.2, 0.25) is 15.9 Å². The van der Waals surface area contributed by atoms with Crippen LogP contribution in [0.3, 0.4) is 0 Å². The van der Waals surface area contributed by atoms with Crippen molar-refractivity contribution < 1.29 is 22.0 Å². The highest BCUT2D eigenvalue weighted by Gasteiger charge is 2.35. The quantitative estimate of drug-likeness (QED) is 0.679. The van der Waals surface area contributed by atoms with Crippen molar-refractivity contribution in [3.05, 3.63) is 64.7 Å². The molecule has 0 heterocycles. The number of hydrogen-bond acceptors (Lipinski definition) is 3. The van der Waals surface area contributed by atoms with Gasteiger partial charge in [-0.3, -0.25) is 4.79 Å². The fraction of sp³-hybridized carbons (Fsp3) is 0.316. The van der Waals surface area contributed by atoms with Crippen LogP contribution in [0.25, 0.3) is 0 Å². The molecule has 2 aromatic rings. The van der Waals surface area contributed by atoms with E-state index in [-0.39, 0.29) is 28.1 Å². The molecule has 0 saturated heterocycles. The molecule has 0 aromatic heterocycles. The summed E-state index contributed by atoms with van der Waals surface area (Å²) >= 11 is 6.06. The molecule has 1 aliphatic rings. The Kier molecular flexibility index (Phi) is 6.02. The van der Waals surface area contributed by atoms with Crippen LogP contribution in [0.1, 0.15) is 18.4 Å². The van der Waals surface area contributed by atoms with Gasteiger partial charge in [-0.1, -0.05) is 17.7 Å². The molecule has 1 saturated carbocycles. The zero-order chi connectivity index (χ0) is 20.5. The number of amides is 1. The van der Waals surface area contributed by atoms with Gasteiger partial charge in [0.25, 0.3) is 0 Å². The van der Waals surface area contributed by atoms with Crippen molar-refractivity contribution in [2.45, 2.75) is 30.3 Å². The number of likely N-dealkylation sites (N-methyl/N-ethyl adjacent to an activating group) is 1. The molecule has 2 aromatic carbocycles. The predicted molar refractivity (Wildman–Crippen MR) is 101 cm³/mol. The van der Waals surface area contributed by atoms with Gasteiger partial charge in [0.15, 0.2) is 0 Å². The van der Waals surface area contributed by atoms with Crippen LogP contribution in [0.4, 0.5) is 8.78 Å². The summed E-state index contributed by atoms with van der Waals surface area (Å²) in [7, 11) is -2.68. The average molecular weight is 429 g/mol. The van der Waals surface area contributed by atoms with E-state index in [9.17, 15) is 22.0 Å². The van der Waals surface area contributed by atoms with Gasteiger partial charge in [-0.05, 0) is 49.2 Å². The molecule has 1 aliphatic carbocycles. The molecule has 1 amide bonds. The van der Waals surface area contributed by atoms with Crippen LogP contribution in [-0.2, 0) is 21.4 Å². The first kappa shape index (κ1) is 20.7. The molecule has 150 valence electrons. The van der Waals surface area contributed by atoms with Gasteiger partial charge in [-0.25, -0.2) is 17.2 Å². The van der Waals surface area contributed by atoms with Crippen LogP contribution >= 0.6 is 11.6 Å². The summed E-state index contributed by atoms with van der Waals surface area (Å²) in [5.41, 5.74) is 0.202. The highest BCUT2D eigenvalue weighted by Crippen LogP contribution is 2.31. The second-order valence-corrected chi connectivity index (χ2v) is 9.12. The third-order valence-corrected chi connectivity index (χ3v) is 6.75. The van der Waals surface area contributed by atoms with Gasteiger partial charge >= 0.3 is 0 Å². The van der Waals surface area contributed by atoms with E-state index in [0.29, 0.717) is 0 Å². The van der Waals surface area contributed by atoms with Crippen LogP contribution in [0.5, 0.6) is 0 Å². The molecule has 1 fully saturated rings. The highest BCUT2D eigenvalue weighted by atomic mass is 35.5. The van der Waals surface area contributed by atoms with Crippen LogP contribution in [0.2, 0.25) is 5.02 Å². The lowest BCUT2D eigenvalue weighted by atomic mass is 10.2. The fourth-order valence-corrected chi connectivity index (χ4v) is 4.16. The largest absolute Gasteiger partial charge is 0.334 e. The summed E-state index contributed by atoms with van der Waals surface area (Å²) in [5.74, 6) is -1.52. The number of halogens is 3. The molecule has 28 heavy (non-hydrogen) atoms. The number of carbonyl (C=O) groups is 1. The molecule has 0 bridgehead atoms. The van der Waals surface area contributed by atoms with Crippen molar-refractivity contribution in [1.29, 1.82) is 0 Å². The molecule has 0 unspecified atom stereocenters. The molecular weight excluding hydrogens is 410 g/mol. The van der Waals surface area contributed by atoms with E-state index in [1.165, 1.54) is 24.1 Å². The maximum Gasteiger partial charge on any atom is 0.243 e. The molecule has 0 radical (unpaired) electrons. The van der Waals surface area contributed by atoms with Crippen molar-refractivity contribution >= 4 is 27.5 Å². The van der Waals surface area contributed by atoms with Gasteiger partial charge in [0.1, 0.15) is 11.6 Å². The zero-order valence-corrected chi connectivity index (χ0v) is 16.7. The average Bonchev–Trinajstić information content (AvgIpc) is 3.46. The second kappa shape index (κ2) is 8.14. The topological polar surface area (TPSA) is 57.7 Å². The minimum atomic E-state index is -3.96. The van der Waals surface area contributed by atoms with E-state index >= 15 is 0 Å². The van der Waals surface area contributed by atoms with E-state index in [2.05, 4.69) is 0 Å². The lowest BCUT2D eigenvalue weighted by Crippen LogP contribution is -2.42. The highest BCUT2D eigenvalue weighted by molar-refractivity contribution is 7.89.